The van der Waals surface area contributed by atoms with Gasteiger partial charge in [0.25, 0.3) is 5.91 Å². The minimum atomic E-state index is -4.47. The zero-order valence-corrected chi connectivity index (χ0v) is 20.7. The van der Waals surface area contributed by atoms with E-state index in [1.165, 1.54) is 22.6 Å². The SMILES string of the molecule is CCc1nc(N2CCN(C(=O)c3cccc(C(F)(F)F)c3)CC2)c2c3c(sc2n1)CN(CC)CC3. The van der Waals surface area contributed by atoms with Gasteiger partial charge in [0.15, 0.2) is 0 Å². The number of carbonyl (C=O) groups is 1. The summed E-state index contributed by atoms with van der Waals surface area (Å²) < 4.78 is 39.3. The maximum Gasteiger partial charge on any atom is 0.416 e. The molecule has 186 valence electrons. The molecule has 5 rings (SSSR count). The fourth-order valence-corrected chi connectivity index (χ4v) is 6.14. The second kappa shape index (κ2) is 9.39. The molecule has 2 aliphatic rings. The quantitative estimate of drug-likeness (QED) is 0.521. The standard InChI is InChI=1S/C25H28F3N5OS/c1-3-20-29-22(21-18-8-9-31(4-2)15-19(18)35-23(21)30-20)32-10-12-33(13-11-32)24(34)16-6-5-7-17(14-16)25(26,27)28/h5-7,14H,3-4,8-13,15H2,1-2H3. The molecule has 0 spiro atoms. The minimum Gasteiger partial charge on any atom is -0.352 e. The largest absolute Gasteiger partial charge is 0.416 e. The van der Waals surface area contributed by atoms with Gasteiger partial charge in [0, 0.05) is 56.1 Å². The number of benzene rings is 1. The third-order valence-electron chi connectivity index (χ3n) is 6.87. The van der Waals surface area contributed by atoms with Crippen molar-refractivity contribution in [3.8, 4) is 0 Å². The number of nitrogens with zero attached hydrogens (tertiary/aromatic N) is 5. The van der Waals surface area contributed by atoms with Crippen molar-refractivity contribution in [2.45, 2.75) is 39.4 Å². The van der Waals surface area contributed by atoms with Crippen LogP contribution in [0.1, 0.15) is 46.0 Å². The number of likely N-dealkylation sites (N-methyl/N-ethyl adjacent to an activating group) is 1. The second-order valence-corrected chi connectivity index (χ2v) is 10.1. The highest BCUT2D eigenvalue weighted by atomic mass is 32.1. The summed E-state index contributed by atoms with van der Waals surface area (Å²) >= 11 is 1.76. The monoisotopic (exact) mass is 503 g/mol. The summed E-state index contributed by atoms with van der Waals surface area (Å²) in [5.41, 5.74) is 0.606. The smallest absolute Gasteiger partial charge is 0.352 e. The van der Waals surface area contributed by atoms with E-state index in [0.29, 0.717) is 26.2 Å². The van der Waals surface area contributed by atoms with Crippen LogP contribution in [0.2, 0.25) is 0 Å². The first-order valence-corrected chi connectivity index (χ1v) is 12.8. The molecule has 0 unspecified atom stereocenters. The number of halogens is 3. The first-order valence-electron chi connectivity index (χ1n) is 12.0. The summed E-state index contributed by atoms with van der Waals surface area (Å²) in [6.07, 6.45) is -2.77. The molecule has 2 aliphatic heterocycles. The van der Waals surface area contributed by atoms with Crippen LogP contribution in [-0.2, 0) is 25.6 Å². The van der Waals surface area contributed by atoms with E-state index in [1.807, 2.05) is 6.92 Å². The Bertz CT molecular complexity index is 1250. The summed E-state index contributed by atoms with van der Waals surface area (Å²) in [5, 5.41) is 1.13. The summed E-state index contributed by atoms with van der Waals surface area (Å²) in [7, 11) is 0. The van der Waals surface area contributed by atoms with Gasteiger partial charge in [0.2, 0.25) is 0 Å². The normalized spacial score (nSPS) is 17.2. The molecule has 10 heteroatoms. The van der Waals surface area contributed by atoms with Crippen LogP contribution < -0.4 is 4.90 Å². The number of thiophene rings is 1. The van der Waals surface area contributed by atoms with Crippen LogP contribution >= 0.6 is 11.3 Å². The summed E-state index contributed by atoms with van der Waals surface area (Å²) in [6.45, 7) is 9.21. The molecule has 1 amide bonds. The van der Waals surface area contributed by atoms with Crippen LogP contribution in [-0.4, -0.2) is 64.9 Å². The Morgan fingerprint density at radius 2 is 1.86 bits per heavy atom. The first-order chi connectivity index (χ1) is 16.8. The van der Waals surface area contributed by atoms with Crippen LogP contribution in [0, 0.1) is 0 Å². The van der Waals surface area contributed by atoms with Crippen molar-refractivity contribution < 1.29 is 18.0 Å². The van der Waals surface area contributed by atoms with Crippen molar-refractivity contribution >= 4 is 33.3 Å². The van der Waals surface area contributed by atoms with E-state index in [0.717, 1.165) is 66.5 Å². The number of rotatable bonds is 4. The van der Waals surface area contributed by atoms with Crippen LogP contribution in [0.4, 0.5) is 19.0 Å². The molecule has 2 aromatic heterocycles. The highest BCUT2D eigenvalue weighted by Gasteiger charge is 2.32. The lowest BCUT2D eigenvalue weighted by Gasteiger charge is -2.36. The molecule has 0 radical (unpaired) electrons. The van der Waals surface area contributed by atoms with E-state index in [-0.39, 0.29) is 11.5 Å². The lowest BCUT2D eigenvalue weighted by molar-refractivity contribution is -0.137. The Kier molecular flexibility index (Phi) is 6.43. The molecule has 0 saturated carbocycles. The van der Waals surface area contributed by atoms with Crippen LogP contribution in [0.25, 0.3) is 10.2 Å². The van der Waals surface area contributed by atoms with Crippen molar-refractivity contribution in [2.24, 2.45) is 0 Å². The summed E-state index contributed by atoms with van der Waals surface area (Å²) in [4.78, 5) is 31.3. The highest BCUT2D eigenvalue weighted by molar-refractivity contribution is 7.19. The molecule has 4 heterocycles. The van der Waals surface area contributed by atoms with Crippen LogP contribution in [0.15, 0.2) is 24.3 Å². The predicted molar refractivity (Wildman–Crippen MR) is 131 cm³/mol. The van der Waals surface area contributed by atoms with Gasteiger partial charge in [-0.1, -0.05) is 19.9 Å². The average molecular weight is 504 g/mol. The van der Waals surface area contributed by atoms with Gasteiger partial charge in [-0.3, -0.25) is 9.69 Å². The molecule has 0 atom stereocenters. The third kappa shape index (κ3) is 4.61. The van der Waals surface area contributed by atoms with Crippen molar-refractivity contribution in [3.05, 3.63) is 51.7 Å². The molecule has 35 heavy (non-hydrogen) atoms. The molecular formula is C25H28F3N5OS. The molecule has 3 aromatic rings. The fraction of sp³-hybridized carbons (Fsp3) is 0.480. The van der Waals surface area contributed by atoms with E-state index in [9.17, 15) is 18.0 Å². The number of anilines is 1. The Balaban J connectivity index is 1.38. The zero-order chi connectivity index (χ0) is 24.7. The second-order valence-electron chi connectivity index (χ2n) is 8.98. The topological polar surface area (TPSA) is 52.6 Å². The Labute approximate surface area is 206 Å². The summed E-state index contributed by atoms with van der Waals surface area (Å²) in [5.74, 6) is 1.37. The molecule has 6 nitrogen and oxygen atoms in total. The number of piperazine rings is 1. The van der Waals surface area contributed by atoms with Gasteiger partial charge >= 0.3 is 6.18 Å². The van der Waals surface area contributed by atoms with Gasteiger partial charge < -0.3 is 9.80 Å². The van der Waals surface area contributed by atoms with Crippen LogP contribution in [0.5, 0.6) is 0 Å². The van der Waals surface area contributed by atoms with Gasteiger partial charge in [0.1, 0.15) is 16.5 Å². The number of amides is 1. The lowest BCUT2D eigenvalue weighted by atomic mass is 10.0. The van der Waals surface area contributed by atoms with E-state index in [2.05, 4.69) is 16.7 Å². The molecule has 0 N–H and O–H groups in total. The van der Waals surface area contributed by atoms with Crippen molar-refractivity contribution in [1.29, 1.82) is 0 Å². The van der Waals surface area contributed by atoms with Crippen LogP contribution in [0.3, 0.4) is 0 Å². The number of carbonyl (C=O) groups excluding carboxylic acids is 1. The molecule has 1 aromatic carbocycles. The Hall–Kier alpha value is -2.72. The number of aromatic nitrogens is 2. The highest BCUT2D eigenvalue weighted by Crippen LogP contribution is 2.39. The van der Waals surface area contributed by atoms with E-state index in [4.69, 9.17) is 9.97 Å². The molecule has 0 bridgehead atoms. The van der Waals surface area contributed by atoms with Gasteiger partial charge in [-0.2, -0.15) is 13.2 Å². The molecule has 0 aliphatic carbocycles. The fourth-order valence-electron chi connectivity index (χ4n) is 4.86. The number of aryl methyl sites for hydroxylation is 1. The van der Waals surface area contributed by atoms with E-state index < -0.39 is 11.7 Å². The van der Waals surface area contributed by atoms with Gasteiger partial charge in [-0.15, -0.1) is 11.3 Å². The van der Waals surface area contributed by atoms with E-state index >= 15 is 0 Å². The number of hydrogen-bond donors (Lipinski definition) is 0. The number of alkyl halides is 3. The average Bonchev–Trinajstić information content (AvgIpc) is 3.24. The summed E-state index contributed by atoms with van der Waals surface area (Å²) in [6, 6.07) is 4.66. The molecule has 1 fully saturated rings. The van der Waals surface area contributed by atoms with Crippen molar-refractivity contribution in [3.63, 3.8) is 0 Å². The molecular weight excluding hydrogens is 475 g/mol. The van der Waals surface area contributed by atoms with Gasteiger partial charge in [0.05, 0.1) is 10.9 Å². The van der Waals surface area contributed by atoms with Gasteiger partial charge in [-0.05, 0) is 36.7 Å². The number of hydrogen-bond acceptors (Lipinski definition) is 6. The zero-order valence-electron chi connectivity index (χ0n) is 19.9. The third-order valence-corrected chi connectivity index (χ3v) is 7.98. The van der Waals surface area contributed by atoms with Crippen molar-refractivity contribution in [1.82, 2.24) is 19.8 Å². The predicted octanol–water partition coefficient (Wildman–Crippen LogP) is 4.61. The maximum atomic E-state index is 13.1. The first kappa shape index (κ1) is 24.0. The Morgan fingerprint density at radius 3 is 2.54 bits per heavy atom. The van der Waals surface area contributed by atoms with Gasteiger partial charge in [-0.25, -0.2) is 9.97 Å². The van der Waals surface area contributed by atoms with Crippen molar-refractivity contribution in [2.75, 3.05) is 44.2 Å². The molecule has 1 saturated heterocycles. The minimum absolute atomic E-state index is 0.0679. The van der Waals surface area contributed by atoms with E-state index in [1.54, 1.807) is 16.2 Å². The maximum absolute atomic E-state index is 13.1. The number of fused-ring (bicyclic) bond motifs is 3. The lowest BCUT2D eigenvalue weighted by Crippen LogP contribution is -2.49. The Morgan fingerprint density at radius 1 is 1.09 bits per heavy atom.